The zero-order chi connectivity index (χ0) is 9.15. The van der Waals surface area contributed by atoms with Crippen LogP contribution in [0, 0.1) is 0 Å². The van der Waals surface area contributed by atoms with Gasteiger partial charge in [-0.15, -0.1) is 0 Å². The van der Waals surface area contributed by atoms with Gasteiger partial charge in [-0.3, -0.25) is 0 Å². The second-order valence-electron chi connectivity index (χ2n) is 3.78. The average Bonchev–Trinajstić information content (AvgIpc) is 2.69. The maximum Gasteiger partial charge on any atom is -0.0248 e. The summed E-state index contributed by atoms with van der Waals surface area (Å²) in [4.78, 5) is 0. The molecule has 2 rings (SSSR count). The molecular weight excluding hydrogens is 175 g/mol. The van der Waals surface area contributed by atoms with Crippen molar-refractivity contribution in [2.45, 2.75) is 19.8 Å². The van der Waals surface area contributed by atoms with Crippen LogP contribution >= 0.6 is 6.89 Å². The Balaban J connectivity index is 2.44. The zero-order valence-electron chi connectivity index (χ0n) is 8.24. The van der Waals surface area contributed by atoms with Crippen LogP contribution in [0.3, 0.4) is 0 Å². The zero-order valence-corrected chi connectivity index (χ0v) is 9.13. The molecule has 0 saturated carbocycles. The van der Waals surface area contributed by atoms with Gasteiger partial charge in [0.2, 0.25) is 0 Å². The highest BCUT2D eigenvalue weighted by atomic mass is 31.2. The van der Waals surface area contributed by atoms with Crippen LogP contribution in [-0.4, -0.2) is 18.1 Å². The molecule has 1 aromatic carbocycles. The normalized spacial score (nSPS) is 20.1. The summed E-state index contributed by atoms with van der Waals surface area (Å²) in [7, 11) is 0. The monoisotopic (exact) mass is 192 g/mol. The fourth-order valence-electron chi connectivity index (χ4n) is 2.29. The highest BCUT2D eigenvalue weighted by Crippen LogP contribution is 2.51. The molecule has 0 spiro atoms. The lowest BCUT2D eigenvalue weighted by atomic mass is 10.4. The molecule has 1 heterocycles. The Kier molecular flexibility index (Phi) is 2.60. The summed E-state index contributed by atoms with van der Waals surface area (Å²) in [6.07, 6.45) is 5.78. The summed E-state index contributed by atoms with van der Waals surface area (Å²) < 4.78 is 0. The van der Waals surface area contributed by atoms with E-state index in [9.17, 15) is 0 Å². The Morgan fingerprint density at radius 2 is 1.69 bits per heavy atom. The second-order valence-corrected chi connectivity index (χ2v) is 7.78. The Labute approximate surface area is 81.0 Å². The van der Waals surface area contributed by atoms with Gasteiger partial charge in [-0.2, -0.15) is 0 Å². The van der Waals surface area contributed by atoms with Gasteiger partial charge in [-0.05, 0) is 37.4 Å². The summed E-state index contributed by atoms with van der Waals surface area (Å²) in [6.45, 7) is 1.45. The first-order valence-electron chi connectivity index (χ1n) is 5.10. The lowest BCUT2D eigenvalue weighted by Gasteiger charge is -2.19. The van der Waals surface area contributed by atoms with Crippen LogP contribution in [-0.2, 0) is 0 Å². The van der Waals surface area contributed by atoms with Gasteiger partial charge >= 0.3 is 0 Å². The number of hydrogen-bond donors (Lipinski definition) is 0. The van der Waals surface area contributed by atoms with E-state index in [-0.39, 0.29) is 0 Å². The molecule has 0 nitrogen and oxygen atoms in total. The van der Waals surface area contributed by atoms with Crippen LogP contribution in [0.1, 0.15) is 19.8 Å². The van der Waals surface area contributed by atoms with Crippen LogP contribution in [0.5, 0.6) is 0 Å². The SMILES string of the molecule is CC=P1(c2ccccc2)CCCC1. The minimum Gasteiger partial charge on any atom is -0.0852 e. The molecule has 0 aliphatic carbocycles. The molecule has 0 unspecified atom stereocenters. The summed E-state index contributed by atoms with van der Waals surface area (Å²) in [6, 6.07) is 11.1. The van der Waals surface area contributed by atoms with Gasteiger partial charge in [0.1, 0.15) is 0 Å². The van der Waals surface area contributed by atoms with Crippen molar-refractivity contribution in [3.63, 3.8) is 0 Å². The van der Waals surface area contributed by atoms with Gasteiger partial charge in [-0.25, -0.2) is 0 Å². The van der Waals surface area contributed by atoms with Crippen molar-refractivity contribution in [2.75, 3.05) is 12.3 Å². The van der Waals surface area contributed by atoms with Gasteiger partial charge in [0.05, 0.1) is 0 Å². The van der Waals surface area contributed by atoms with Crippen molar-refractivity contribution in [1.29, 1.82) is 0 Å². The highest BCUT2D eigenvalue weighted by molar-refractivity contribution is 7.82. The van der Waals surface area contributed by atoms with E-state index in [1.165, 1.54) is 25.2 Å². The fourth-order valence-corrected chi connectivity index (χ4v) is 6.19. The van der Waals surface area contributed by atoms with E-state index in [1.54, 1.807) is 5.30 Å². The van der Waals surface area contributed by atoms with Gasteiger partial charge in [0.15, 0.2) is 0 Å². The van der Waals surface area contributed by atoms with E-state index in [2.05, 4.69) is 43.1 Å². The van der Waals surface area contributed by atoms with Gasteiger partial charge in [0.25, 0.3) is 0 Å². The molecule has 1 fully saturated rings. The predicted molar refractivity (Wildman–Crippen MR) is 63.7 cm³/mol. The molecular formula is C12H17P. The second kappa shape index (κ2) is 3.72. The smallest absolute Gasteiger partial charge is 0.0248 e. The number of hydrogen-bond acceptors (Lipinski definition) is 0. The molecule has 0 aromatic heterocycles. The first kappa shape index (κ1) is 9.09. The fraction of sp³-hybridized carbons (Fsp3) is 0.417. The van der Waals surface area contributed by atoms with E-state index in [0.717, 1.165) is 0 Å². The Morgan fingerprint density at radius 3 is 2.23 bits per heavy atom. The summed E-state index contributed by atoms with van der Waals surface area (Å²) in [5, 5.41) is 1.62. The quantitative estimate of drug-likeness (QED) is 0.600. The maximum absolute atomic E-state index is 2.51. The third-order valence-corrected chi connectivity index (χ3v) is 7.67. The largest absolute Gasteiger partial charge is 0.0852 e. The van der Waals surface area contributed by atoms with Crippen molar-refractivity contribution in [1.82, 2.24) is 0 Å². The molecule has 0 atom stereocenters. The summed E-state index contributed by atoms with van der Waals surface area (Å²) in [5.41, 5.74) is 0. The topological polar surface area (TPSA) is 0 Å². The predicted octanol–water partition coefficient (Wildman–Crippen LogP) is 2.95. The lowest BCUT2D eigenvalue weighted by molar-refractivity contribution is 0.949. The molecule has 0 bridgehead atoms. The van der Waals surface area contributed by atoms with Crippen LogP contribution in [0.4, 0.5) is 0 Å². The Morgan fingerprint density at radius 1 is 1.08 bits per heavy atom. The summed E-state index contributed by atoms with van der Waals surface area (Å²) >= 11 is 0. The molecule has 13 heavy (non-hydrogen) atoms. The minimum absolute atomic E-state index is 0.805. The van der Waals surface area contributed by atoms with E-state index < -0.39 is 6.89 Å². The number of benzene rings is 1. The molecule has 1 heteroatoms. The standard InChI is InChI=1S/C12H17P/c1-2-13(10-6-7-11-13)12-8-4-3-5-9-12/h2-5,8-9H,6-7,10-11H2,1H3. The van der Waals surface area contributed by atoms with E-state index in [4.69, 9.17) is 0 Å². The Bertz CT molecular complexity index is 314. The van der Waals surface area contributed by atoms with Crippen molar-refractivity contribution in [3.8, 4) is 0 Å². The van der Waals surface area contributed by atoms with Gasteiger partial charge in [0, 0.05) is 0 Å². The third-order valence-electron chi connectivity index (χ3n) is 3.13. The third kappa shape index (κ3) is 1.60. The molecule has 0 radical (unpaired) electrons. The summed E-state index contributed by atoms with van der Waals surface area (Å²) in [5.74, 6) is 2.51. The first-order valence-corrected chi connectivity index (χ1v) is 7.33. The molecule has 70 valence electrons. The van der Waals surface area contributed by atoms with E-state index >= 15 is 0 Å². The molecule has 0 amide bonds. The van der Waals surface area contributed by atoms with Gasteiger partial charge in [-0.1, -0.05) is 43.0 Å². The van der Waals surface area contributed by atoms with Crippen LogP contribution in [0.25, 0.3) is 0 Å². The van der Waals surface area contributed by atoms with Crippen molar-refractivity contribution in [2.24, 2.45) is 0 Å². The molecule has 1 saturated heterocycles. The van der Waals surface area contributed by atoms with E-state index in [1.807, 2.05) is 0 Å². The van der Waals surface area contributed by atoms with Crippen molar-refractivity contribution >= 4 is 18.0 Å². The first-order chi connectivity index (χ1) is 6.37. The van der Waals surface area contributed by atoms with Crippen LogP contribution in [0.2, 0.25) is 0 Å². The molecule has 1 aromatic rings. The highest BCUT2D eigenvalue weighted by Gasteiger charge is 2.22. The number of rotatable bonds is 1. The van der Waals surface area contributed by atoms with Crippen LogP contribution < -0.4 is 5.30 Å². The van der Waals surface area contributed by atoms with Crippen LogP contribution in [0.15, 0.2) is 30.3 Å². The van der Waals surface area contributed by atoms with E-state index in [0.29, 0.717) is 0 Å². The molecule has 0 N–H and O–H groups in total. The van der Waals surface area contributed by atoms with Crippen molar-refractivity contribution < 1.29 is 0 Å². The minimum atomic E-state index is -0.805. The lowest BCUT2D eigenvalue weighted by Crippen LogP contribution is -2.07. The maximum atomic E-state index is 2.51. The molecule has 1 aliphatic heterocycles. The average molecular weight is 192 g/mol. The molecule has 1 aliphatic rings. The van der Waals surface area contributed by atoms with Crippen molar-refractivity contribution in [3.05, 3.63) is 30.3 Å². The Hall–Kier alpha value is -0.480. The van der Waals surface area contributed by atoms with Gasteiger partial charge < -0.3 is 0 Å².